The maximum atomic E-state index is 13.1. The molecule has 144 valence electrons. The number of imidazole rings is 1. The van der Waals surface area contributed by atoms with Gasteiger partial charge in [0.2, 0.25) is 15.9 Å². The third-order valence-electron chi connectivity index (χ3n) is 5.53. The molecule has 1 aromatic heterocycles. The van der Waals surface area contributed by atoms with Gasteiger partial charge in [-0.25, -0.2) is 13.4 Å². The van der Waals surface area contributed by atoms with Crippen LogP contribution in [0.1, 0.15) is 43.8 Å². The molecule has 2 aliphatic rings. The second-order valence-corrected chi connectivity index (χ2v) is 9.89. The summed E-state index contributed by atoms with van der Waals surface area (Å²) in [4.78, 5) is 16.9. The Hall–Kier alpha value is -2.19. The van der Waals surface area contributed by atoms with E-state index in [1.54, 1.807) is 39.1 Å². The van der Waals surface area contributed by atoms with Gasteiger partial charge >= 0.3 is 0 Å². The van der Waals surface area contributed by atoms with Gasteiger partial charge < -0.3 is 9.88 Å². The number of carbonyl (C=O) groups is 1. The number of benzene rings is 1. The second kappa shape index (κ2) is 6.17. The highest BCUT2D eigenvalue weighted by Gasteiger charge is 2.39. The smallest absolute Gasteiger partial charge is 0.243 e. The average Bonchev–Trinajstić information content (AvgIpc) is 3.12. The van der Waals surface area contributed by atoms with Crippen molar-refractivity contribution in [1.29, 1.82) is 0 Å². The molecule has 1 N–H and O–H groups in total. The molecule has 0 spiro atoms. The van der Waals surface area contributed by atoms with Crippen LogP contribution in [-0.4, -0.2) is 35.2 Å². The molecule has 4 rings (SSSR count). The van der Waals surface area contributed by atoms with Crippen molar-refractivity contribution in [3.8, 4) is 0 Å². The summed E-state index contributed by atoms with van der Waals surface area (Å²) in [5.41, 5.74) is 1.40. The predicted octanol–water partition coefficient (Wildman–Crippen LogP) is 2.27. The van der Waals surface area contributed by atoms with E-state index in [2.05, 4.69) is 14.9 Å². The molecule has 7 nitrogen and oxygen atoms in total. The van der Waals surface area contributed by atoms with Crippen LogP contribution in [0.15, 0.2) is 29.3 Å². The molecule has 0 bridgehead atoms. The van der Waals surface area contributed by atoms with E-state index in [0.717, 1.165) is 37.3 Å². The number of sulfonamides is 1. The maximum Gasteiger partial charge on any atom is 0.243 e. The lowest BCUT2D eigenvalue weighted by atomic mass is 9.86. The minimum Gasteiger partial charge on any atom is -0.335 e. The Morgan fingerprint density at radius 1 is 1.30 bits per heavy atom. The number of anilines is 1. The first-order valence-electron chi connectivity index (χ1n) is 9.17. The predicted molar refractivity (Wildman–Crippen MR) is 102 cm³/mol. The summed E-state index contributed by atoms with van der Waals surface area (Å²) >= 11 is 0. The number of aryl methyl sites for hydroxylation is 2. The average molecular weight is 388 g/mol. The van der Waals surface area contributed by atoms with Gasteiger partial charge in [0.25, 0.3) is 0 Å². The normalized spacial score (nSPS) is 18.3. The molecule has 0 saturated carbocycles. The van der Waals surface area contributed by atoms with E-state index >= 15 is 0 Å². The minimum atomic E-state index is -3.68. The summed E-state index contributed by atoms with van der Waals surface area (Å²) in [6, 6.07) is 4.82. The zero-order valence-electron chi connectivity index (χ0n) is 15.8. The molecule has 1 amide bonds. The number of rotatable bonds is 4. The van der Waals surface area contributed by atoms with Crippen molar-refractivity contribution in [2.45, 2.75) is 56.5 Å². The highest BCUT2D eigenvalue weighted by atomic mass is 32.2. The first-order valence-corrected chi connectivity index (χ1v) is 10.6. The summed E-state index contributed by atoms with van der Waals surface area (Å²) in [6.45, 7) is 4.76. The Labute approximate surface area is 159 Å². The van der Waals surface area contributed by atoms with Crippen molar-refractivity contribution in [2.24, 2.45) is 0 Å². The van der Waals surface area contributed by atoms with E-state index < -0.39 is 15.4 Å². The van der Waals surface area contributed by atoms with Crippen molar-refractivity contribution in [3.63, 3.8) is 0 Å². The highest BCUT2D eigenvalue weighted by molar-refractivity contribution is 7.89. The quantitative estimate of drug-likeness (QED) is 0.871. The van der Waals surface area contributed by atoms with E-state index in [-0.39, 0.29) is 17.3 Å². The van der Waals surface area contributed by atoms with Gasteiger partial charge in [0.15, 0.2) is 0 Å². The van der Waals surface area contributed by atoms with Gasteiger partial charge in [-0.1, -0.05) is 0 Å². The fourth-order valence-corrected chi connectivity index (χ4v) is 4.92. The Bertz CT molecular complexity index is 1000. The van der Waals surface area contributed by atoms with Crippen LogP contribution >= 0.6 is 0 Å². The minimum absolute atomic E-state index is 0.121. The number of aromatic nitrogens is 2. The van der Waals surface area contributed by atoms with Crippen molar-refractivity contribution in [3.05, 3.63) is 41.5 Å². The SMILES string of the molecule is CN(Cc1cn2c(n1)CCCC2)S(=O)(=O)c1ccc2c(c1)C(C)(C)C(=O)N2. The van der Waals surface area contributed by atoms with Crippen molar-refractivity contribution < 1.29 is 13.2 Å². The first-order chi connectivity index (χ1) is 12.7. The molecule has 3 heterocycles. The van der Waals surface area contributed by atoms with Gasteiger partial charge in [0.05, 0.1) is 22.5 Å². The molecular weight excluding hydrogens is 364 g/mol. The Balaban J connectivity index is 1.61. The number of nitrogens with one attached hydrogen (secondary N) is 1. The molecule has 1 aromatic carbocycles. The molecule has 8 heteroatoms. The third kappa shape index (κ3) is 2.96. The summed E-state index contributed by atoms with van der Waals surface area (Å²) in [7, 11) is -2.12. The largest absolute Gasteiger partial charge is 0.335 e. The number of hydrogen-bond acceptors (Lipinski definition) is 4. The van der Waals surface area contributed by atoms with E-state index in [1.165, 1.54) is 4.31 Å². The molecule has 2 aromatic rings. The third-order valence-corrected chi connectivity index (χ3v) is 7.33. The van der Waals surface area contributed by atoms with Gasteiger partial charge in [-0.3, -0.25) is 4.79 Å². The molecule has 2 aliphatic heterocycles. The lowest BCUT2D eigenvalue weighted by Crippen LogP contribution is -2.28. The monoisotopic (exact) mass is 388 g/mol. The summed E-state index contributed by atoms with van der Waals surface area (Å²) in [5, 5.41) is 2.80. The maximum absolute atomic E-state index is 13.1. The zero-order chi connectivity index (χ0) is 19.4. The fraction of sp³-hybridized carbons (Fsp3) is 0.474. The van der Waals surface area contributed by atoms with Gasteiger partial charge in [0, 0.05) is 31.9 Å². The number of amides is 1. The molecule has 0 radical (unpaired) electrons. The van der Waals surface area contributed by atoms with Crippen LogP contribution in [0, 0.1) is 0 Å². The highest BCUT2D eigenvalue weighted by Crippen LogP contribution is 2.38. The Morgan fingerprint density at radius 3 is 2.81 bits per heavy atom. The number of nitrogens with zero attached hydrogens (tertiary/aromatic N) is 3. The zero-order valence-corrected chi connectivity index (χ0v) is 16.6. The number of carbonyl (C=O) groups excluding carboxylic acids is 1. The molecule has 27 heavy (non-hydrogen) atoms. The lowest BCUT2D eigenvalue weighted by molar-refractivity contribution is -0.119. The van der Waals surface area contributed by atoms with Crippen LogP contribution in [-0.2, 0) is 39.7 Å². The fourth-order valence-electron chi connectivity index (χ4n) is 3.75. The van der Waals surface area contributed by atoms with E-state index in [0.29, 0.717) is 11.3 Å². The molecule has 0 fully saturated rings. The van der Waals surface area contributed by atoms with Crippen molar-refractivity contribution in [1.82, 2.24) is 13.9 Å². The molecule has 0 aliphatic carbocycles. The number of hydrogen-bond donors (Lipinski definition) is 1. The van der Waals surface area contributed by atoms with E-state index in [1.807, 2.05) is 6.20 Å². The molecule has 0 unspecified atom stereocenters. The van der Waals surface area contributed by atoms with Crippen molar-refractivity contribution >= 4 is 21.6 Å². The molecule has 0 saturated heterocycles. The van der Waals surface area contributed by atoms with E-state index in [4.69, 9.17) is 0 Å². The summed E-state index contributed by atoms with van der Waals surface area (Å²) in [6.07, 6.45) is 5.16. The van der Waals surface area contributed by atoms with Gasteiger partial charge in [-0.2, -0.15) is 4.31 Å². The summed E-state index contributed by atoms with van der Waals surface area (Å²) < 4.78 is 29.6. The Kier molecular flexibility index (Phi) is 4.16. The first kappa shape index (κ1) is 18.2. The van der Waals surface area contributed by atoms with Gasteiger partial charge in [-0.05, 0) is 50.5 Å². The summed E-state index contributed by atoms with van der Waals surface area (Å²) in [5.74, 6) is 0.912. The van der Waals surface area contributed by atoms with Crippen LogP contribution in [0.2, 0.25) is 0 Å². The van der Waals surface area contributed by atoms with Crippen LogP contribution in [0.25, 0.3) is 0 Å². The van der Waals surface area contributed by atoms with Crippen LogP contribution in [0.4, 0.5) is 5.69 Å². The molecule has 0 atom stereocenters. The lowest BCUT2D eigenvalue weighted by Gasteiger charge is -2.19. The number of fused-ring (bicyclic) bond motifs is 2. The standard InChI is InChI=1S/C19H24N4O3S/c1-19(2)15-10-14(7-8-16(15)21-18(19)24)27(25,26)22(3)11-13-12-23-9-5-4-6-17(23)20-13/h7-8,10,12H,4-6,9,11H2,1-3H3,(H,21,24). The van der Waals surface area contributed by atoms with Crippen molar-refractivity contribution in [2.75, 3.05) is 12.4 Å². The van der Waals surface area contributed by atoms with Crippen LogP contribution < -0.4 is 5.32 Å². The second-order valence-electron chi connectivity index (χ2n) is 7.85. The molecular formula is C19H24N4O3S. The van der Waals surface area contributed by atoms with E-state index in [9.17, 15) is 13.2 Å². The Morgan fingerprint density at radius 2 is 2.07 bits per heavy atom. The van der Waals surface area contributed by atoms with Crippen LogP contribution in [0.5, 0.6) is 0 Å². The topological polar surface area (TPSA) is 84.3 Å². The van der Waals surface area contributed by atoms with Gasteiger partial charge in [0.1, 0.15) is 5.82 Å². The van der Waals surface area contributed by atoms with Crippen LogP contribution in [0.3, 0.4) is 0 Å². The van der Waals surface area contributed by atoms with Gasteiger partial charge in [-0.15, -0.1) is 0 Å².